The van der Waals surface area contributed by atoms with Crippen LogP contribution in [0.4, 0.5) is 0 Å². The van der Waals surface area contributed by atoms with E-state index in [1.165, 1.54) is 3.57 Å². The highest BCUT2D eigenvalue weighted by molar-refractivity contribution is 14.1. The van der Waals surface area contributed by atoms with Gasteiger partial charge >= 0.3 is 0 Å². The van der Waals surface area contributed by atoms with E-state index >= 15 is 0 Å². The second-order valence-electron chi connectivity index (χ2n) is 2.70. The van der Waals surface area contributed by atoms with E-state index in [1.54, 1.807) is 7.11 Å². The number of carbonyl (C=O) groups is 2. The van der Waals surface area contributed by atoms with Gasteiger partial charge in [-0.05, 0) is 40.8 Å². The summed E-state index contributed by atoms with van der Waals surface area (Å²) in [6.07, 6.45) is 0. The average Bonchev–Trinajstić information content (AvgIpc) is 2.16. The van der Waals surface area contributed by atoms with Gasteiger partial charge in [-0.1, -0.05) is 6.07 Å². The monoisotopic (exact) mass is 354 g/mol. The summed E-state index contributed by atoms with van der Waals surface area (Å²) in [6, 6.07) is 7.92. The van der Waals surface area contributed by atoms with E-state index in [0.29, 0.717) is 0 Å². The molecule has 0 aromatic heterocycles. The third kappa shape index (κ3) is 20.7. The van der Waals surface area contributed by atoms with Gasteiger partial charge in [0, 0.05) is 17.4 Å². The van der Waals surface area contributed by atoms with Gasteiger partial charge in [0.1, 0.15) is 5.75 Å². The Morgan fingerprint density at radius 2 is 1.59 bits per heavy atom. The Morgan fingerprint density at radius 3 is 1.82 bits per heavy atom. The number of benzene rings is 1. The average molecular weight is 354 g/mol. The van der Waals surface area contributed by atoms with Crippen LogP contribution in [-0.2, 0) is 9.59 Å². The molecule has 0 heterocycles. The highest BCUT2D eigenvalue weighted by Crippen LogP contribution is 2.13. The van der Waals surface area contributed by atoms with Crippen molar-refractivity contribution in [3.05, 3.63) is 27.8 Å². The van der Waals surface area contributed by atoms with Crippen molar-refractivity contribution in [2.75, 3.05) is 7.11 Å². The van der Waals surface area contributed by atoms with Crippen molar-refractivity contribution in [2.24, 2.45) is 0 Å². The molecular weight excluding hydrogens is 339 g/mol. The summed E-state index contributed by atoms with van der Waals surface area (Å²) in [5, 5.41) is 14.8. The second-order valence-corrected chi connectivity index (χ2v) is 3.95. The molecule has 0 saturated heterocycles. The Balaban J connectivity index is 0. The van der Waals surface area contributed by atoms with Crippen molar-refractivity contribution >= 4 is 34.5 Å². The van der Waals surface area contributed by atoms with Gasteiger partial charge in [0.05, 0.1) is 7.11 Å². The van der Waals surface area contributed by atoms with Crippen molar-refractivity contribution in [1.29, 1.82) is 0 Å². The normalized spacial score (nSPS) is 7.76. The van der Waals surface area contributed by atoms with Crippen molar-refractivity contribution < 1.29 is 24.5 Å². The maximum absolute atomic E-state index is 9.00. The van der Waals surface area contributed by atoms with Gasteiger partial charge in [0.25, 0.3) is 11.9 Å². The Labute approximate surface area is 114 Å². The van der Waals surface area contributed by atoms with Crippen LogP contribution < -0.4 is 4.74 Å². The molecular formula is C11H15IO5. The lowest BCUT2D eigenvalue weighted by atomic mass is 10.3. The summed E-state index contributed by atoms with van der Waals surface area (Å²) in [6.45, 7) is 2.17. The first kappa shape index (κ1) is 18.1. The predicted molar refractivity (Wildman–Crippen MR) is 72.3 cm³/mol. The van der Waals surface area contributed by atoms with Crippen LogP contribution in [0.25, 0.3) is 0 Å². The lowest BCUT2D eigenvalue weighted by Gasteiger charge is -1.96. The molecule has 0 saturated carbocycles. The first-order valence-electron chi connectivity index (χ1n) is 4.48. The number of hydrogen-bond acceptors (Lipinski definition) is 3. The fraction of sp³-hybridized carbons (Fsp3) is 0.273. The minimum atomic E-state index is -0.833. The van der Waals surface area contributed by atoms with Crippen molar-refractivity contribution in [3.8, 4) is 5.75 Å². The lowest BCUT2D eigenvalue weighted by molar-refractivity contribution is -0.135. The summed E-state index contributed by atoms with van der Waals surface area (Å²) in [5.41, 5.74) is 0. The largest absolute Gasteiger partial charge is 0.497 e. The van der Waals surface area contributed by atoms with Gasteiger partial charge in [-0.25, -0.2) is 0 Å². The van der Waals surface area contributed by atoms with E-state index in [2.05, 4.69) is 22.6 Å². The molecule has 0 spiro atoms. The van der Waals surface area contributed by atoms with Crippen LogP contribution in [0, 0.1) is 3.57 Å². The number of ether oxygens (including phenoxy) is 1. The second kappa shape index (κ2) is 11.2. The molecule has 1 aromatic rings. The fourth-order valence-corrected chi connectivity index (χ4v) is 1.11. The number of carboxylic acids is 2. The smallest absolute Gasteiger partial charge is 0.300 e. The fourth-order valence-electron chi connectivity index (χ4n) is 0.594. The van der Waals surface area contributed by atoms with Crippen LogP contribution in [0.5, 0.6) is 5.75 Å². The Morgan fingerprint density at radius 1 is 1.18 bits per heavy atom. The maximum atomic E-state index is 9.00. The third-order valence-electron chi connectivity index (χ3n) is 1.03. The molecule has 2 N–H and O–H groups in total. The molecule has 0 radical (unpaired) electrons. The summed E-state index contributed by atoms with van der Waals surface area (Å²) < 4.78 is 6.19. The van der Waals surface area contributed by atoms with Crippen molar-refractivity contribution in [1.82, 2.24) is 0 Å². The molecule has 1 rings (SSSR count). The lowest BCUT2D eigenvalue weighted by Crippen LogP contribution is -1.81. The Kier molecular flexibility index (Phi) is 11.9. The topological polar surface area (TPSA) is 83.8 Å². The standard InChI is InChI=1S/C7H7IO.2C2H4O2/c1-9-7-4-2-3-6(8)5-7;2*1-2(3)4/h2-5H,1H3;2*1H3,(H,3,4). The highest BCUT2D eigenvalue weighted by Gasteiger charge is 1.88. The number of hydrogen-bond donors (Lipinski definition) is 2. The third-order valence-corrected chi connectivity index (χ3v) is 1.70. The molecule has 0 aliphatic rings. The maximum Gasteiger partial charge on any atom is 0.300 e. The zero-order chi connectivity index (χ0) is 13.8. The molecule has 0 aliphatic heterocycles. The summed E-state index contributed by atoms with van der Waals surface area (Å²) in [7, 11) is 1.67. The molecule has 17 heavy (non-hydrogen) atoms. The van der Waals surface area contributed by atoms with Crippen LogP contribution in [0.3, 0.4) is 0 Å². The molecule has 0 fully saturated rings. The number of methoxy groups -OCH3 is 1. The van der Waals surface area contributed by atoms with Crippen LogP contribution in [0.1, 0.15) is 13.8 Å². The SMILES string of the molecule is CC(=O)O.CC(=O)O.COc1cccc(I)c1. The van der Waals surface area contributed by atoms with Gasteiger partial charge < -0.3 is 14.9 Å². The van der Waals surface area contributed by atoms with Crippen LogP contribution in [0.2, 0.25) is 0 Å². The molecule has 0 bridgehead atoms. The van der Waals surface area contributed by atoms with Crippen molar-refractivity contribution in [2.45, 2.75) is 13.8 Å². The van der Waals surface area contributed by atoms with Gasteiger partial charge in [-0.2, -0.15) is 0 Å². The van der Waals surface area contributed by atoms with E-state index in [1.807, 2.05) is 24.3 Å². The first-order valence-corrected chi connectivity index (χ1v) is 5.56. The summed E-state index contributed by atoms with van der Waals surface area (Å²) in [5.74, 6) is -0.748. The van der Waals surface area contributed by atoms with E-state index < -0.39 is 11.9 Å². The molecule has 96 valence electrons. The zero-order valence-corrected chi connectivity index (χ0v) is 12.0. The van der Waals surface area contributed by atoms with Gasteiger partial charge in [-0.3, -0.25) is 9.59 Å². The predicted octanol–water partition coefficient (Wildman–Crippen LogP) is 2.48. The Bertz CT molecular complexity index is 331. The number of aliphatic carboxylic acids is 2. The van der Waals surface area contributed by atoms with E-state index in [-0.39, 0.29) is 0 Å². The summed E-state index contributed by atoms with van der Waals surface area (Å²) >= 11 is 2.25. The van der Waals surface area contributed by atoms with E-state index in [0.717, 1.165) is 19.6 Å². The molecule has 0 aliphatic carbocycles. The minimum Gasteiger partial charge on any atom is -0.497 e. The van der Waals surface area contributed by atoms with Gasteiger partial charge in [0.15, 0.2) is 0 Å². The van der Waals surface area contributed by atoms with Crippen LogP contribution in [-0.4, -0.2) is 29.3 Å². The van der Waals surface area contributed by atoms with Gasteiger partial charge in [0.2, 0.25) is 0 Å². The first-order chi connectivity index (χ1) is 7.79. The van der Waals surface area contributed by atoms with Crippen LogP contribution >= 0.6 is 22.6 Å². The minimum absolute atomic E-state index is 0.833. The molecule has 0 amide bonds. The van der Waals surface area contributed by atoms with E-state index in [4.69, 9.17) is 24.5 Å². The number of halogens is 1. The van der Waals surface area contributed by atoms with Crippen LogP contribution in [0.15, 0.2) is 24.3 Å². The molecule has 6 heteroatoms. The quantitative estimate of drug-likeness (QED) is 0.757. The molecule has 5 nitrogen and oxygen atoms in total. The van der Waals surface area contributed by atoms with E-state index in [9.17, 15) is 0 Å². The van der Waals surface area contributed by atoms with Gasteiger partial charge in [-0.15, -0.1) is 0 Å². The zero-order valence-electron chi connectivity index (χ0n) is 9.81. The highest BCUT2D eigenvalue weighted by atomic mass is 127. The number of rotatable bonds is 1. The molecule has 1 aromatic carbocycles. The van der Waals surface area contributed by atoms with Crippen molar-refractivity contribution in [3.63, 3.8) is 0 Å². The molecule has 0 atom stereocenters. The summed E-state index contributed by atoms with van der Waals surface area (Å²) in [4.78, 5) is 18.0. The number of carboxylic acid groups (broad SMARTS) is 2. The Hall–Kier alpha value is -1.31. The molecule has 0 unspecified atom stereocenters.